The second kappa shape index (κ2) is 8.09. The van der Waals surface area contributed by atoms with Crippen LogP contribution in [0.3, 0.4) is 0 Å². The van der Waals surface area contributed by atoms with Crippen LogP contribution in [0.5, 0.6) is 5.75 Å². The molecule has 1 aromatic heterocycles. The van der Waals surface area contributed by atoms with E-state index in [4.69, 9.17) is 0 Å². The number of carbonyl (C=O) groups excluding carboxylic acids is 2. The number of hydrogen-bond donors (Lipinski definition) is 2. The summed E-state index contributed by atoms with van der Waals surface area (Å²) in [5, 5.41) is 14.8. The van der Waals surface area contributed by atoms with Crippen LogP contribution in [0.1, 0.15) is 28.5 Å². The lowest BCUT2D eigenvalue weighted by atomic mass is 9.97. The molecule has 148 valence electrons. The zero-order chi connectivity index (χ0) is 20.4. The Balaban J connectivity index is 1.60. The van der Waals surface area contributed by atoms with Crippen LogP contribution in [0.2, 0.25) is 0 Å². The molecule has 0 bridgehead atoms. The standard InChI is InChI=1S/C23H22N2O3S/c1-15-8-10-17(11-9-15)25-21(27)13-18(22(25)20-7-4-12-29-20)23(28)24-14-16-5-2-3-6-19(16)26/h2-12,18,22,26H,13-14H2,1H3,(H,24,28). The number of aromatic hydroxyl groups is 1. The fraction of sp³-hybridized carbons (Fsp3) is 0.217. The average molecular weight is 407 g/mol. The van der Waals surface area contributed by atoms with Gasteiger partial charge in [-0.2, -0.15) is 0 Å². The van der Waals surface area contributed by atoms with E-state index in [0.717, 1.165) is 16.1 Å². The van der Waals surface area contributed by atoms with Gasteiger partial charge in [-0.3, -0.25) is 9.59 Å². The molecule has 2 N–H and O–H groups in total. The molecule has 2 heterocycles. The van der Waals surface area contributed by atoms with E-state index in [1.165, 1.54) is 0 Å². The lowest BCUT2D eigenvalue weighted by Crippen LogP contribution is -2.35. The molecule has 29 heavy (non-hydrogen) atoms. The molecule has 3 aromatic rings. The molecule has 1 aliphatic heterocycles. The largest absolute Gasteiger partial charge is 0.508 e. The number of nitrogens with one attached hydrogen (secondary N) is 1. The second-order valence-corrected chi connectivity index (χ2v) is 8.20. The molecule has 0 radical (unpaired) electrons. The van der Waals surface area contributed by atoms with Crippen molar-refractivity contribution in [2.24, 2.45) is 5.92 Å². The first-order valence-electron chi connectivity index (χ1n) is 9.51. The summed E-state index contributed by atoms with van der Waals surface area (Å²) in [6, 6.07) is 18.3. The van der Waals surface area contributed by atoms with Gasteiger partial charge in [0, 0.05) is 29.1 Å². The monoisotopic (exact) mass is 406 g/mol. The lowest BCUT2D eigenvalue weighted by Gasteiger charge is -2.27. The number of aryl methyl sites for hydroxylation is 1. The Morgan fingerprint density at radius 2 is 1.90 bits per heavy atom. The number of rotatable bonds is 5. The van der Waals surface area contributed by atoms with Crippen molar-refractivity contribution in [1.29, 1.82) is 0 Å². The van der Waals surface area contributed by atoms with Crippen LogP contribution in [0.4, 0.5) is 5.69 Å². The van der Waals surface area contributed by atoms with Crippen molar-refractivity contribution in [3.63, 3.8) is 0 Å². The average Bonchev–Trinajstić information content (AvgIpc) is 3.35. The summed E-state index contributed by atoms with van der Waals surface area (Å²) < 4.78 is 0. The first-order chi connectivity index (χ1) is 14.0. The molecule has 2 unspecified atom stereocenters. The van der Waals surface area contributed by atoms with Gasteiger partial charge in [-0.15, -0.1) is 11.3 Å². The fourth-order valence-electron chi connectivity index (χ4n) is 3.74. The van der Waals surface area contributed by atoms with E-state index in [-0.39, 0.29) is 36.6 Å². The molecule has 0 spiro atoms. The Labute approximate surface area is 173 Å². The predicted molar refractivity (Wildman–Crippen MR) is 114 cm³/mol. The van der Waals surface area contributed by atoms with E-state index in [9.17, 15) is 14.7 Å². The van der Waals surface area contributed by atoms with Crippen LogP contribution in [0.15, 0.2) is 66.0 Å². The molecule has 2 atom stereocenters. The summed E-state index contributed by atoms with van der Waals surface area (Å²) in [5.74, 6) is -0.593. The Morgan fingerprint density at radius 1 is 1.14 bits per heavy atom. The SMILES string of the molecule is Cc1ccc(N2C(=O)CC(C(=O)NCc3ccccc3O)C2c2cccs2)cc1. The first-order valence-corrected chi connectivity index (χ1v) is 10.4. The molecule has 2 aromatic carbocycles. The van der Waals surface area contributed by atoms with Crippen LogP contribution in [0.25, 0.3) is 0 Å². The summed E-state index contributed by atoms with van der Waals surface area (Å²) in [5.41, 5.74) is 2.56. The first kappa shape index (κ1) is 19.2. The summed E-state index contributed by atoms with van der Waals surface area (Å²) in [4.78, 5) is 28.7. The number of phenols is 1. The highest BCUT2D eigenvalue weighted by atomic mass is 32.1. The fourth-order valence-corrected chi connectivity index (χ4v) is 4.62. The Bertz CT molecular complexity index is 1010. The van der Waals surface area contributed by atoms with Crippen molar-refractivity contribution in [2.75, 3.05) is 4.90 Å². The van der Waals surface area contributed by atoms with Crippen LogP contribution in [-0.2, 0) is 16.1 Å². The molecule has 4 rings (SSSR count). The number of para-hydroxylation sites is 1. The van der Waals surface area contributed by atoms with Gasteiger partial charge in [0.15, 0.2) is 0 Å². The number of carbonyl (C=O) groups is 2. The van der Waals surface area contributed by atoms with Crippen LogP contribution in [0, 0.1) is 12.8 Å². The van der Waals surface area contributed by atoms with Crippen molar-refractivity contribution in [2.45, 2.75) is 25.9 Å². The third-order valence-corrected chi connectivity index (χ3v) is 6.19. The van der Waals surface area contributed by atoms with Gasteiger partial charge in [0.25, 0.3) is 0 Å². The highest BCUT2D eigenvalue weighted by Crippen LogP contribution is 2.43. The molecule has 1 saturated heterocycles. The summed E-state index contributed by atoms with van der Waals surface area (Å²) in [6.45, 7) is 2.22. The molecule has 2 amide bonds. The molecule has 5 nitrogen and oxygen atoms in total. The Hall–Kier alpha value is -3.12. The minimum Gasteiger partial charge on any atom is -0.508 e. The number of benzene rings is 2. The van der Waals surface area contributed by atoms with E-state index in [1.807, 2.05) is 54.8 Å². The van der Waals surface area contributed by atoms with E-state index in [0.29, 0.717) is 5.56 Å². The highest BCUT2D eigenvalue weighted by molar-refractivity contribution is 7.10. The van der Waals surface area contributed by atoms with Gasteiger partial charge in [0.1, 0.15) is 5.75 Å². The number of amides is 2. The van der Waals surface area contributed by atoms with E-state index >= 15 is 0 Å². The molecule has 0 saturated carbocycles. The highest BCUT2D eigenvalue weighted by Gasteiger charge is 2.45. The van der Waals surface area contributed by atoms with Crippen LogP contribution < -0.4 is 10.2 Å². The van der Waals surface area contributed by atoms with Gasteiger partial charge in [-0.1, -0.05) is 42.0 Å². The van der Waals surface area contributed by atoms with Crippen molar-refractivity contribution >= 4 is 28.8 Å². The lowest BCUT2D eigenvalue weighted by molar-refractivity contribution is -0.126. The summed E-state index contributed by atoms with van der Waals surface area (Å²) in [6.07, 6.45) is 0.156. The van der Waals surface area contributed by atoms with Crippen LogP contribution >= 0.6 is 11.3 Å². The third-order valence-electron chi connectivity index (χ3n) is 5.25. The number of hydrogen-bond acceptors (Lipinski definition) is 4. The summed E-state index contributed by atoms with van der Waals surface area (Å²) >= 11 is 1.55. The van der Waals surface area contributed by atoms with Gasteiger partial charge in [-0.25, -0.2) is 0 Å². The Kier molecular flexibility index (Phi) is 5.36. The minimum atomic E-state index is -0.492. The van der Waals surface area contributed by atoms with Crippen molar-refractivity contribution in [3.8, 4) is 5.75 Å². The normalized spacial score (nSPS) is 18.8. The zero-order valence-corrected chi connectivity index (χ0v) is 16.9. The summed E-state index contributed by atoms with van der Waals surface area (Å²) in [7, 11) is 0. The Morgan fingerprint density at radius 3 is 2.59 bits per heavy atom. The van der Waals surface area contributed by atoms with Gasteiger partial charge in [0.05, 0.1) is 12.0 Å². The number of phenolic OH excluding ortho intramolecular Hbond substituents is 1. The van der Waals surface area contributed by atoms with Gasteiger partial charge in [-0.05, 0) is 36.6 Å². The van der Waals surface area contributed by atoms with Gasteiger partial charge in [0.2, 0.25) is 11.8 Å². The van der Waals surface area contributed by atoms with Crippen molar-refractivity contribution in [1.82, 2.24) is 5.32 Å². The smallest absolute Gasteiger partial charge is 0.228 e. The molecule has 1 aliphatic rings. The van der Waals surface area contributed by atoms with E-state index < -0.39 is 5.92 Å². The third kappa shape index (κ3) is 3.89. The number of thiophene rings is 1. The maximum atomic E-state index is 13.0. The maximum Gasteiger partial charge on any atom is 0.228 e. The number of anilines is 1. The van der Waals surface area contributed by atoms with E-state index in [2.05, 4.69) is 5.32 Å². The topological polar surface area (TPSA) is 69.6 Å². The molecule has 6 heteroatoms. The quantitative estimate of drug-likeness (QED) is 0.668. The molecular formula is C23H22N2O3S. The number of nitrogens with zero attached hydrogens (tertiary/aromatic N) is 1. The minimum absolute atomic E-state index is 0.0602. The van der Waals surface area contributed by atoms with Gasteiger partial charge >= 0.3 is 0 Å². The van der Waals surface area contributed by atoms with Crippen molar-refractivity contribution < 1.29 is 14.7 Å². The van der Waals surface area contributed by atoms with Crippen LogP contribution in [-0.4, -0.2) is 16.9 Å². The van der Waals surface area contributed by atoms with Crippen molar-refractivity contribution in [3.05, 3.63) is 82.0 Å². The second-order valence-electron chi connectivity index (χ2n) is 7.22. The predicted octanol–water partition coefficient (Wildman–Crippen LogP) is 4.17. The molecule has 0 aliphatic carbocycles. The van der Waals surface area contributed by atoms with E-state index in [1.54, 1.807) is 34.4 Å². The molecule has 1 fully saturated rings. The van der Waals surface area contributed by atoms with Gasteiger partial charge < -0.3 is 15.3 Å². The zero-order valence-electron chi connectivity index (χ0n) is 16.0. The maximum absolute atomic E-state index is 13.0. The molecular weight excluding hydrogens is 384 g/mol.